The number of nitrogens with zero attached hydrogens (tertiary/aromatic N) is 1. The fourth-order valence-corrected chi connectivity index (χ4v) is 0.749. The summed E-state index contributed by atoms with van der Waals surface area (Å²) in [5, 5.41) is 21.2. The average molecular weight is 170 g/mol. The minimum Gasteiger partial charge on any atom is -0.389 e. The molecule has 2 N–H and O–H groups in total. The van der Waals surface area contributed by atoms with Crippen LogP contribution < -0.4 is 5.32 Å². The molecule has 0 saturated heterocycles. The van der Waals surface area contributed by atoms with Crippen molar-refractivity contribution in [1.82, 2.24) is 5.32 Å². The second-order valence-electron chi connectivity index (χ2n) is 3.32. The second-order valence-corrected chi connectivity index (χ2v) is 3.32. The predicted octanol–water partition coefficient (Wildman–Crippen LogP) is 1.04. The molecule has 0 amide bonds. The van der Waals surface area contributed by atoms with Gasteiger partial charge in [0.05, 0.1) is 17.7 Å². The van der Waals surface area contributed by atoms with Gasteiger partial charge in [0.2, 0.25) is 0 Å². The lowest BCUT2D eigenvalue weighted by atomic mass is 10.0. The molecule has 2 atom stereocenters. The highest BCUT2D eigenvalue weighted by Gasteiger charge is 2.18. The Hall–Kier alpha value is -0.590. The summed E-state index contributed by atoms with van der Waals surface area (Å²) in [5.74, 6) is 0. The first-order chi connectivity index (χ1) is 5.55. The zero-order valence-corrected chi connectivity index (χ0v) is 8.09. The average Bonchev–Trinajstić information content (AvgIpc) is 2.06. The van der Waals surface area contributed by atoms with Gasteiger partial charge in [0.1, 0.15) is 0 Å². The van der Waals surface area contributed by atoms with Gasteiger partial charge in [-0.05, 0) is 19.8 Å². The van der Waals surface area contributed by atoms with Crippen LogP contribution in [-0.2, 0) is 0 Å². The molecule has 0 aliphatic carbocycles. The molecule has 0 aromatic heterocycles. The van der Waals surface area contributed by atoms with E-state index in [2.05, 4.69) is 11.4 Å². The van der Waals surface area contributed by atoms with Crippen LogP contribution in [0.3, 0.4) is 0 Å². The summed E-state index contributed by atoms with van der Waals surface area (Å²) in [5.41, 5.74) is -0.690. The number of aliphatic hydroxyl groups is 1. The zero-order valence-electron chi connectivity index (χ0n) is 8.09. The molecule has 0 fully saturated rings. The summed E-state index contributed by atoms with van der Waals surface area (Å²) in [7, 11) is 0. The summed E-state index contributed by atoms with van der Waals surface area (Å²) in [6.45, 7) is 6.12. The smallest absolute Gasteiger partial charge is 0.0951 e. The normalized spacial score (nSPS) is 17.9. The van der Waals surface area contributed by atoms with Crippen molar-refractivity contribution in [3.05, 3.63) is 0 Å². The first-order valence-corrected chi connectivity index (χ1v) is 4.41. The van der Waals surface area contributed by atoms with Crippen molar-refractivity contribution in [3.8, 4) is 6.07 Å². The van der Waals surface area contributed by atoms with Gasteiger partial charge in [0.25, 0.3) is 0 Å². The first-order valence-electron chi connectivity index (χ1n) is 4.41. The standard InChI is InChI=1S/C9H18N2O/c1-4-8(6-10)11-7-9(3,12)5-2/h8,11-12H,4-5,7H2,1-3H3. The van der Waals surface area contributed by atoms with Crippen LogP contribution in [0.2, 0.25) is 0 Å². The zero-order chi connectivity index (χ0) is 9.61. The third-order valence-corrected chi connectivity index (χ3v) is 2.06. The molecule has 0 rings (SSSR count). The molecule has 12 heavy (non-hydrogen) atoms. The number of nitriles is 1. The largest absolute Gasteiger partial charge is 0.389 e. The van der Waals surface area contributed by atoms with Crippen molar-refractivity contribution in [1.29, 1.82) is 5.26 Å². The summed E-state index contributed by atoms with van der Waals surface area (Å²) in [6, 6.07) is 1.99. The Labute approximate surface area is 74.4 Å². The number of hydrogen-bond donors (Lipinski definition) is 2. The van der Waals surface area contributed by atoms with Crippen LogP contribution in [0.1, 0.15) is 33.6 Å². The van der Waals surface area contributed by atoms with Gasteiger partial charge in [-0.2, -0.15) is 5.26 Å². The Balaban J connectivity index is 3.75. The molecule has 0 aromatic rings. The lowest BCUT2D eigenvalue weighted by Crippen LogP contribution is -2.41. The van der Waals surface area contributed by atoms with Gasteiger partial charge < -0.3 is 5.11 Å². The lowest BCUT2D eigenvalue weighted by molar-refractivity contribution is 0.0543. The van der Waals surface area contributed by atoms with E-state index in [1.807, 2.05) is 13.8 Å². The first kappa shape index (κ1) is 11.4. The van der Waals surface area contributed by atoms with Crippen molar-refractivity contribution >= 4 is 0 Å². The van der Waals surface area contributed by atoms with Crippen LogP contribution >= 0.6 is 0 Å². The fourth-order valence-electron chi connectivity index (χ4n) is 0.749. The van der Waals surface area contributed by atoms with Gasteiger partial charge in [-0.1, -0.05) is 13.8 Å². The SMILES string of the molecule is CCC(C#N)NCC(C)(O)CC. The van der Waals surface area contributed by atoms with Crippen LogP contribution in [-0.4, -0.2) is 23.3 Å². The quantitative estimate of drug-likeness (QED) is 0.648. The van der Waals surface area contributed by atoms with E-state index in [9.17, 15) is 5.11 Å². The highest BCUT2D eigenvalue weighted by Crippen LogP contribution is 2.06. The Kier molecular flexibility index (Phi) is 4.87. The van der Waals surface area contributed by atoms with Crippen molar-refractivity contribution in [3.63, 3.8) is 0 Å². The van der Waals surface area contributed by atoms with Crippen molar-refractivity contribution < 1.29 is 5.11 Å². The third kappa shape index (κ3) is 4.32. The van der Waals surface area contributed by atoms with Crippen molar-refractivity contribution in [2.24, 2.45) is 0 Å². The molecule has 0 aliphatic heterocycles. The highest BCUT2D eigenvalue weighted by atomic mass is 16.3. The molecule has 0 spiro atoms. The molecule has 0 heterocycles. The molecule has 2 unspecified atom stereocenters. The molecule has 0 aromatic carbocycles. The number of rotatable bonds is 5. The van der Waals surface area contributed by atoms with Gasteiger partial charge >= 0.3 is 0 Å². The Morgan fingerprint density at radius 3 is 2.50 bits per heavy atom. The van der Waals surface area contributed by atoms with E-state index in [1.165, 1.54) is 0 Å². The molecule has 0 bridgehead atoms. The molecular formula is C9H18N2O. The van der Waals surface area contributed by atoms with Gasteiger partial charge in [-0.15, -0.1) is 0 Å². The maximum atomic E-state index is 9.59. The minimum absolute atomic E-state index is 0.136. The van der Waals surface area contributed by atoms with E-state index < -0.39 is 5.60 Å². The van der Waals surface area contributed by atoms with Crippen LogP contribution in [0.25, 0.3) is 0 Å². The van der Waals surface area contributed by atoms with Crippen LogP contribution in [0.15, 0.2) is 0 Å². The van der Waals surface area contributed by atoms with Crippen molar-refractivity contribution in [2.75, 3.05) is 6.54 Å². The molecule has 3 nitrogen and oxygen atoms in total. The van der Waals surface area contributed by atoms with E-state index in [4.69, 9.17) is 5.26 Å². The highest BCUT2D eigenvalue weighted by molar-refractivity contribution is 4.90. The van der Waals surface area contributed by atoms with Crippen LogP contribution in [0, 0.1) is 11.3 Å². The Bertz CT molecular complexity index is 160. The molecule has 0 aliphatic rings. The maximum absolute atomic E-state index is 9.59. The van der Waals surface area contributed by atoms with Crippen LogP contribution in [0.4, 0.5) is 0 Å². The van der Waals surface area contributed by atoms with Crippen LogP contribution in [0.5, 0.6) is 0 Å². The Morgan fingerprint density at radius 1 is 1.58 bits per heavy atom. The third-order valence-electron chi connectivity index (χ3n) is 2.06. The van der Waals surface area contributed by atoms with Crippen molar-refractivity contribution in [2.45, 2.75) is 45.3 Å². The number of hydrogen-bond acceptors (Lipinski definition) is 3. The van der Waals surface area contributed by atoms with E-state index in [1.54, 1.807) is 6.92 Å². The molecule has 3 heteroatoms. The topological polar surface area (TPSA) is 56.0 Å². The van der Waals surface area contributed by atoms with E-state index in [0.717, 1.165) is 6.42 Å². The van der Waals surface area contributed by atoms with E-state index in [-0.39, 0.29) is 6.04 Å². The molecule has 0 radical (unpaired) electrons. The van der Waals surface area contributed by atoms with E-state index in [0.29, 0.717) is 13.0 Å². The monoisotopic (exact) mass is 170 g/mol. The summed E-state index contributed by atoms with van der Waals surface area (Å²) >= 11 is 0. The summed E-state index contributed by atoms with van der Waals surface area (Å²) in [4.78, 5) is 0. The van der Waals surface area contributed by atoms with Gasteiger partial charge in [-0.25, -0.2) is 0 Å². The second kappa shape index (κ2) is 5.13. The minimum atomic E-state index is -0.690. The van der Waals surface area contributed by atoms with Gasteiger partial charge in [0, 0.05) is 6.54 Å². The summed E-state index contributed by atoms with van der Waals surface area (Å²) in [6.07, 6.45) is 1.47. The summed E-state index contributed by atoms with van der Waals surface area (Å²) < 4.78 is 0. The Morgan fingerprint density at radius 2 is 2.17 bits per heavy atom. The lowest BCUT2D eigenvalue weighted by Gasteiger charge is -2.23. The van der Waals surface area contributed by atoms with Gasteiger partial charge in [0.15, 0.2) is 0 Å². The fraction of sp³-hybridized carbons (Fsp3) is 0.889. The number of nitrogens with one attached hydrogen (secondary N) is 1. The molecule has 0 saturated carbocycles. The molecular weight excluding hydrogens is 152 g/mol. The van der Waals surface area contributed by atoms with E-state index >= 15 is 0 Å². The molecule has 70 valence electrons. The maximum Gasteiger partial charge on any atom is 0.0951 e. The van der Waals surface area contributed by atoms with Gasteiger partial charge in [-0.3, -0.25) is 5.32 Å². The predicted molar refractivity (Wildman–Crippen MR) is 48.6 cm³/mol.